The molecule has 0 atom stereocenters. The lowest BCUT2D eigenvalue weighted by Crippen LogP contribution is -2.43. The fourth-order valence-electron chi connectivity index (χ4n) is 3.47. The topological polar surface area (TPSA) is 70.7 Å². The summed E-state index contributed by atoms with van der Waals surface area (Å²) in [4.78, 5) is 26.7. The summed E-state index contributed by atoms with van der Waals surface area (Å²) in [5.74, 6) is 0.256. The van der Waals surface area contributed by atoms with Crippen LogP contribution in [0.5, 0.6) is 5.75 Å². The molecule has 29 heavy (non-hydrogen) atoms. The normalized spacial score (nSPS) is 15.0. The predicted octanol–water partition coefficient (Wildman–Crippen LogP) is 2.80. The summed E-state index contributed by atoms with van der Waals surface area (Å²) in [6.45, 7) is 2.06. The van der Waals surface area contributed by atoms with Crippen molar-refractivity contribution >= 4 is 17.5 Å². The third-order valence-electron chi connectivity index (χ3n) is 5.10. The molecular weight excluding hydrogens is 373 g/mol. The zero-order valence-electron chi connectivity index (χ0n) is 16.5. The Morgan fingerprint density at radius 2 is 1.79 bits per heavy atom. The average Bonchev–Trinajstić information content (AvgIpc) is 2.74. The van der Waals surface area contributed by atoms with Crippen molar-refractivity contribution in [1.29, 1.82) is 0 Å². The second-order valence-electron chi connectivity index (χ2n) is 7.14. The zero-order valence-corrected chi connectivity index (χ0v) is 16.5. The third kappa shape index (κ3) is 6.02. The summed E-state index contributed by atoms with van der Waals surface area (Å²) in [6, 6.07) is 13.3. The molecule has 1 aliphatic rings. The molecule has 2 amide bonds. The van der Waals surface area contributed by atoms with Crippen LogP contribution in [0.3, 0.4) is 0 Å². The van der Waals surface area contributed by atoms with E-state index in [0.717, 1.165) is 11.3 Å². The van der Waals surface area contributed by atoms with E-state index < -0.39 is 0 Å². The molecular formula is C22H26FN3O3. The Kier molecular flexibility index (Phi) is 7.19. The number of para-hydroxylation sites is 1. The number of hydrogen-bond acceptors (Lipinski definition) is 4. The number of likely N-dealkylation sites (tertiary alicyclic amines) is 1. The number of amides is 2. The fourth-order valence-corrected chi connectivity index (χ4v) is 3.47. The highest BCUT2D eigenvalue weighted by Crippen LogP contribution is 2.20. The van der Waals surface area contributed by atoms with Crippen molar-refractivity contribution < 1.29 is 18.7 Å². The number of nitrogens with one attached hydrogen (secondary N) is 2. The summed E-state index contributed by atoms with van der Waals surface area (Å²) in [7, 11) is 1.61. The summed E-state index contributed by atoms with van der Waals surface area (Å²) < 4.78 is 18.2. The first-order valence-corrected chi connectivity index (χ1v) is 9.72. The molecule has 2 N–H and O–H groups in total. The number of benzene rings is 2. The number of carbonyl (C=O) groups is 2. The first-order chi connectivity index (χ1) is 14.0. The van der Waals surface area contributed by atoms with Gasteiger partial charge < -0.3 is 15.4 Å². The predicted molar refractivity (Wildman–Crippen MR) is 109 cm³/mol. The van der Waals surface area contributed by atoms with E-state index in [0.29, 0.717) is 38.2 Å². The van der Waals surface area contributed by atoms with E-state index in [9.17, 15) is 14.0 Å². The largest absolute Gasteiger partial charge is 0.496 e. The van der Waals surface area contributed by atoms with Crippen molar-refractivity contribution in [2.75, 3.05) is 32.1 Å². The van der Waals surface area contributed by atoms with Gasteiger partial charge in [0.05, 0.1) is 13.7 Å². The van der Waals surface area contributed by atoms with Crippen LogP contribution < -0.4 is 15.4 Å². The van der Waals surface area contributed by atoms with Crippen molar-refractivity contribution in [2.45, 2.75) is 19.4 Å². The lowest BCUT2D eigenvalue weighted by Gasteiger charge is -2.30. The van der Waals surface area contributed by atoms with Crippen molar-refractivity contribution in [1.82, 2.24) is 10.2 Å². The van der Waals surface area contributed by atoms with Crippen molar-refractivity contribution in [3.8, 4) is 5.75 Å². The maximum atomic E-state index is 12.9. The Hall–Kier alpha value is -2.93. The molecule has 7 heteroatoms. The van der Waals surface area contributed by atoms with Crippen molar-refractivity contribution in [3.63, 3.8) is 0 Å². The van der Waals surface area contributed by atoms with Crippen LogP contribution in [0.4, 0.5) is 10.1 Å². The van der Waals surface area contributed by atoms with Gasteiger partial charge in [0.2, 0.25) is 11.8 Å². The number of ether oxygens (including phenoxy) is 1. The second kappa shape index (κ2) is 10.0. The molecule has 1 saturated heterocycles. The highest BCUT2D eigenvalue weighted by Gasteiger charge is 2.25. The summed E-state index contributed by atoms with van der Waals surface area (Å²) in [6.07, 6.45) is 1.42. The molecule has 1 fully saturated rings. The standard InChI is InChI=1S/C22H26FN3O3/c1-29-20-5-3-2-4-17(20)14-24-22(28)16-10-12-26(13-11-16)15-21(27)25-19-8-6-18(23)7-9-19/h2-9,16H,10-15H2,1H3,(H,24,28)(H,25,27). The second-order valence-corrected chi connectivity index (χ2v) is 7.14. The van der Waals surface area contributed by atoms with Gasteiger partial charge in [0.15, 0.2) is 0 Å². The Balaban J connectivity index is 1.40. The number of methoxy groups -OCH3 is 1. The minimum Gasteiger partial charge on any atom is -0.496 e. The molecule has 0 spiro atoms. The van der Waals surface area contributed by atoms with E-state index in [4.69, 9.17) is 4.74 Å². The van der Waals surface area contributed by atoms with Gasteiger partial charge >= 0.3 is 0 Å². The monoisotopic (exact) mass is 399 g/mol. The molecule has 0 aliphatic carbocycles. The summed E-state index contributed by atoms with van der Waals surface area (Å²) in [5.41, 5.74) is 1.51. The average molecular weight is 399 g/mol. The first-order valence-electron chi connectivity index (χ1n) is 9.72. The number of nitrogens with zero attached hydrogens (tertiary/aromatic N) is 1. The Labute approximate surface area is 170 Å². The van der Waals surface area contributed by atoms with Gasteiger partial charge in [-0.2, -0.15) is 0 Å². The van der Waals surface area contributed by atoms with Crippen LogP contribution in [0.2, 0.25) is 0 Å². The maximum Gasteiger partial charge on any atom is 0.238 e. The number of rotatable bonds is 7. The number of piperidine rings is 1. The highest BCUT2D eigenvalue weighted by atomic mass is 19.1. The van der Waals surface area contributed by atoms with E-state index >= 15 is 0 Å². The van der Waals surface area contributed by atoms with Crippen molar-refractivity contribution in [2.24, 2.45) is 5.92 Å². The van der Waals surface area contributed by atoms with Crippen LogP contribution >= 0.6 is 0 Å². The molecule has 6 nitrogen and oxygen atoms in total. The maximum absolute atomic E-state index is 12.9. The molecule has 2 aromatic carbocycles. The van der Waals surface area contributed by atoms with E-state index in [1.165, 1.54) is 24.3 Å². The molecule has 2 aromatic rings. The molecule has 0 radical (unpaired) electrons. The molecule has 154 valence electrons. The molecule has 3 rings (SSSR count). The highest BCUT2D eigenvalue weighted by molar-refractivity contribution is 5.92. The lowest BCUT2D eigenvalue weighted by molar-refractivity contribution is -0.126. The molecule has 1 aliphatic heterocycles. The Morgan fingerprint density at radius 1 is 1.10 bits per heavy atom. The minimum atomic E-state index is -0.339. The Bertz CT molecular complexity index is 833. The number of hydrogen-bond donors (Lipinski definition) is 2. The van der Waals surface area contributed by atoms with Crippen LogP contribution in [0.1, 0.15) is 18.4 Å². The van der Waals surface area contributed by atoms with E-state index in [1.807, 2.05) is 29.2 Å². The van der Waals surface area contributed by atoms with Gasteiger partial charge in [-0.1, -0.05) is 18.2 Å². The molecule has 1 heterocycles. The first kappa shape index (κ1) is 20.8. The van der Waals surface area contributed by atoms with Gasteiger partial charge in [-0.05, 0) is 56.3 Å². The zero-order chi connectivity index (χ0) is 20.6. The lowest BCUT2D eigenvalue weighted by atomic mass is 9.96. The van der Waals surface area contributed by atoms with E-state index in [2.05, 4.69) is 10.6 Å². The van der Waals surface area contributed by atoms with Gasteiger partial charge in [0.25, 0.3) is 0 Å². The van der Waals surface area contributed by atoms with Crippen LogP contribution in [0.25, 0.3) is 0 Å². The summed E-state index contributed by atoms with van der Waals surface area (Å²) >= 11 is 0. The number of carbonyl (C=O) groups excluding carboxylic acids is 2. The van der Waals surface area contributed by atoms with Crippen molar-refractivity contribution in [3.05, 3.63) is 59.9 Å². The minimum absolute atomic E-state index is 0.0336. The quantitative estimate of drug-likeness (QED) is 0.751. The van der Waals surface area contributed by atoms with Crippen LogP contribution in [0, 0.1) is 11.7 Å². The summed E-state index contributed by atoms with van der Waals surface area (Å²) in [5, 5.41) is 5.75. The number of anilines is 1. The Morgan fingerprint density at radius 3 is 2.48 bits per heavy atom. The molecule has 0 bridgehead atoms. The molecule has 0 unspecified atom stereocenters. The smallest absolute Gasteiger partial charge is 0.238 e. The number of halogens is 1. The SMILES string of the molecule is COc1ccccc1CNC(=O)C1CCN(CC(=O)Nc2ccc(F)cc2)CC1. The van der Waals surface area contributed by atoms with Gasteiger partial charge in [0, 0.05) is 23.7 Å². The van der Waals surface area contributed by atoms with Crippen LogP contribution in [-0.4, -0.2) is 43.5 Å². The van der Waals surface area contributed by atoms with Gasteiger partial charge in [-0.25, -0.2) is 4.39 Å². The molecule has 0 saturated carbocycles. The van der Waals surface area contributed by atoms with Crippen LogP contribution in [-0.2, 0) is 16.1 Å². The van der Waals surface area contributed by atoms with E-state index in [-0.39, 0.29) is 30.1 Å². The van der Waals surface area contributed by atoms with Gasteiger partial charge in [-0.3, -0.25) is 14.5 Å². The third-order valence-corrected chi connectivity index (χ3v) is 5.10. The fraction of sp³-hybridized carbons (Fsp3) is 0.364. The van der Waals surface area contributed by atoms with E-state index in [1.54, 1.807) is 7.11 Å². The van der Waals surface area contributed by atoms with Crippen LogP contribution in [0.15, 0.2) is 48.5 Å². The van der Waals surface area contributed by atoms with Gasteiger partial charge in [-0.15, -0.1) is 0 Å². The molecule has 0 aromatic heterocycles. The van der Waals surface area contributed by atoms with Gasteiger partial charge in [0.1, 0.15) is 11.6 Å².